The number of hydrogen-bond acceptors (Lipinski definition) is 5. The molecule has 1 N–H and O–H groups in total. The van der Waals surface area contributed by atoms with Crippen LogP contribution in [0.1, 0.15) is 46.9 Å². The highest BCUT2D eigenvalue weighted by atomic mass is 35.5. The smallest absolute Gasteiger partial charge is 0.280 e. The summed E-state index contributed by atoms with van der Waals surface area (Å²) in [6.07, 6.45) is 7.02. The zero-order valence-electron chi connectivity index (χ0n) is 17.0. The van der Waals surface area contributed by atoms with Crippen molar-refractivity contribution in [3.8, 4) is 0 Å². The van der Waals surface area contributed by atoms with Gasteiger partial charge < -0.3 is 5.32 Å². The van der Waals surface area contributed by atoms with E-state index in [9.17, 15) is 13.6 Å². The number of allylic oxidation sites excluding steroid dienone is 4. The molecule has 1 aliphatic heterocycles. The van der Waals surface area contributed by atoms with E-state index in [2.05, 4.69) is 22.1 Å². The second-order valence-corrected chi connectivity index (χ2v) is 8.38. The van der Waals surface area contributed by atoms with Gasteiger partial charge in [-0.25, -0.2) is 18.8 Å². The molecule has 9 heteroatoms. The Morgan fingerprint density at radius 1 is 1.32 bits per heavy atom. The highest BCUT2D eigenvalue weighted by Gasteiger charge is 2.28. The molecule has 3 rings (SSSR count). The van der Waals surface area contributed by atoms with E-state index in [1.54, 1.807) is 23.3 Å². The average Bonchev–Trinajstić information content (AvgIpc) is 3.18. The number of alkyl halides is 2. The Bertz CT molecular complexity index is 1070. The number of aromatic nitrogens is 1. The van der Waals surface area contributed by atoms with Crippen LogP contribution >= 0.6 is 22.9 Å². The van der Waals surface area contributed by atoms with Crippen LogP contribution in [-0.4, -0.2) is 22.6 Å². The third-order valence-electron chi connectivity index (χ3n) is 4.78. The van der Waals surface area contributed by atoms with E-state index < -0.39 is 11.8 Å². The molecule has 0 atom stereocenters. The summed E-state index contributed by atoms with van der Waals surface area (Å²) in [6, 6.07) is 5.91. The van der Waals surface area contributed by atoms with Crippen molar-refractivity contribution in [1.29, 1.82) is 0 Å². The average molecular weight is 463 g/mol. The fourth-order valence-electron chi connectivity index (χ4n) is 2.93. The van der Waals surface area contributed by atoms with Crippen molar-refractivity contribution in [2.75, 3.05) is 0 Å². The predicted molar refractivity (Wildman–Crippen MR) is 121 cm³/mol. The van der Waals surface area contributed by atoms with Crippen LogP contribution in [0, 0.1) is 0 Å². The number of carbonyl (C=O) groups is 1. The molecule has 1 aliphatic rings. The molecular formula is C22H21ClF2N4OS. The summed E-state index contributed by atoms with van der Waals surface area (Å²) in [4.78, 5) is 16.9. The Kier molecular flexibility index (Phi) is 7.02. The topological polar surface area (TPSA) is 57.6 Å². The van der Waals surface area contributed by atoms with Crippen LogP contribution in [0.15, 0.2) is 59.5 Å². The minimum atomic E-state index is -2.86. The number of rotatable bonds is 7. The molecule has 31 heavy (non-hydrogen) atoms. The largest absolute Gasteiger partial charge is 0.346 e. The molecule has 1 amide bonds. The third kappa shape index (κ3) is 5.08. The minimum absolute atomic E-state index is 0.0420. The molecule has 0 bridgehead atoms. The fourth-order valence-corrected chi connectivity index (χ4v) is 4.10. The maximum atomic E-state index is 13.7. The van der Waals surface area contributed by atoms with Crippen molar-refractivity contribution in [2.24, 2.45) is 5.10 Å². The number of carbonyl (C=O) groups excluding carboxylic acids is 1. The summed E-state index contributed by atoms with van der Waals surface area (Å²) < 4.78 is 27.8. The van der Waals surface area contributed by atoms with Gasteiger partial charge in [0.2, 0.25) is 0 Å². The van der Waals surface area contributed by atoms with E-state index in [4.69, 9.17) is 11.6 Å². The van der Waals surface area contributed by atoms with Gasteiger partial charge >= 0.3 is 0 Å². The fraction of sp³-hybridized carbons (Fsp3) is 0.227. The van der Waals surface area contributed by atoms with E-state index in [0.29, 0.717) is 15.6 Å². The van der Waals surface area contributed by atoms with Crippen molar-refractivity contribution in [2.45, 2.75) is 32.7 Å². The third-order valence-corrected chi connectivity index (χ3v) is 6.04. The summed E-state index contributed by atoms with van der Waals surface area (Å²) >= 11 is 7.42. The molecule has 0 spiro atoms. The first-order valence-electron chi connectivity index (χ1n) is 9.50. The quantitative estimate of drug-likeness (QED) is 0.516. The second-order valence-electron chi connectivity index (χ2n) is 6.78. The number of halogens is 3. The van der Waals surface area contributed by atoms with Crippen LogP contribution in [0.5, 0.6) is 0 Å². The Balaban J connectivity index is 1.72. The van der Waals surface area contributed by atoms with Crippen molar-refractivity contribution < 1.29 is 13.6 Å². The van der Waals surface area contributed by atoms with Crippen LogP contribution in [0.4, 0.5) is 8.78 Å². The lowest BCUT2D eigenvalue weighted by molar-refractivity contribution is -0.00830. The van der Waals surface area contributed by atoms with Gasteiger partial charge in [-0.15, -0.1) is 0 Å². The highest BCUT2D eigenvalue weighted by molar-refractivity contribution is 7.17. The summed E-state index contributed by atoms with van der Waals surface area (Å²) in [5.41, 5.74) is 2.66. The lowest BCUT2D eigenvalue weighted by Crippen LogP contribution is -2.22. The summed E-state index contributed by atoms with van der Waals surface area (Å²) in [5.74, 6) is -3.25. The standard InChI is InChI=1S/C22H21ClF2N4OS/c1-4-22(24,25)16-10-8-15(9-11-16)13-27-20(30)21-28-18(19(23)31-21)14(2)17-7-5-6-12-29(17)26-3/h5-12H,3-4,13H2,1-2H3,(H,27,30). The molecule has 0 saturated heterocycles. The van der Waals surface area contributed by atoms with Gasteiger partial charge in [-0.05, 0) is 24.6 Å². The molecule has 0 fully saturated rings. The van der Waals surface area contributed by atoms with Crippen LogP contribution in [0.3, 0.4) is 0 Å². The molecule has 1 aromatic carbocycles. The van der Waals surface area contributed by atoms with Crippen molar-refractivity contribution in [3.05, 3.63) is 80.6 Å². The minimum Gasteiger partial charge on any atom is -0.346 e. The number of nitrogens with zero attached hydrogens (tertiary/aromatic N) is 3. The maximum absolute atomic E-state index is 13.7. The molecule has 0 radical (unpaired) electrons. The second kappa shape index (κ2) is 9.53. The number of hydrazone groups is 1. The van der Waals surface area contributed by atoms with Crippen LogP contribution in [-0.2, 0) is 12.5 Å². The number of amides is 1. The summed E-state index contributed by atoms with van der Waals surface area (Å²) in [7, 11) is 0. The van der Waals surface area contributed by atoms with Gasteiger partial charge in [0, 0.05) is 37.0 Å². The lowest BCUT2D eigenvalue weighted by atomic mass is 10.0. The van der Waals surface area contributed by atoms with E-state index in [-0.39, 0.29) is 23.5 Å². The zero-order valence-corrected chi connectivity index (χ0v) is 18.6. The van der Waals surface area contributed by atoms with E-state index in [0.717, 1.165) is 22.6 Å². The van der Waals surface area contributed by atoms with Crippen molar-refractivity contribution in [1.82, 2.24) is 15.3 Å². The highest BCUT2D eigenvalue weighted by Crippen LogP contribution is 2.33. The van der Waals surface area contributed by atoms with Crippen molar-refractivity contribution >= 4 is 41.1 Å². The summed E-state index contributed by atoms with van der Waals surface area (Å²) in [6.45, 7) is 7.01. The molecule has 0 saturated carbocycles. The number of benzene rings is 1. The number of hydrogen-bond donors (Lipinski definition) is 1. The van der Waals surface area contributed by atoms with Gasteiger partial charge in [-0.1, -0.05) is 60.2 Å². The molecule has 0 unspecified atom stereocenters. The van der Waals surface area contributed by atoms with Gasteiger partial charge in [0.15, 0.2) is 5.01 Å². The van der Waals surface area contributed by atoms with E-state index in [1.807, 2.05) is 25.2 Å². The molecule has 1 aromatic heterocycles. The van der Waals surface area contributed by atoms with Gasteiger partial charge in [0.25, 0.3) is 11.8 Å². The number of nitrogens with one attached hydrogen (secondary N) is 1. The first-order chi connectivity index (χ1) is 14.8. The Morgan fingerprint density at radius 3 is 2.68 bits per heavy atom. The SMILES string of the molecule is C=NN1C=CC=CC1=C(C)c1nc(C(=O)NCc2ccc(C(F)(F)CC)cc2)sc1Cl. The molecule has 2 aromatic rings. The monoisotopic (exact) mass is 462 g/mol. The van der Waals surface area contributed by atoms with Gasteiger partial charge in [-0.3, -0.25) is 4.79 Å². The number of thiazole rings is 1. The predicted octanol–water partition coefficient (Wildman–Crippen LogP) is 5.96. The Labute approximate surface area is 188 Å². The summed E-state index contributed by atoms with van der Waals surface area (Å²) in [5, 5.41) is 8.48. The first-order valence-corrected chi connectivity index (χ1v) is 10.7. The van der Waals surface area contributed by atoms with Gasteiger partial charge in [0.1, 0.15) is 4.34 Å². The molecule has 162 valence electrons. The molecule has 2 heterocycles. The molecular weight excluding hydrogens is 442 g/mol. The normalized spacial score (nSPS) is 15.2. The van der Waals surface area contributed by atoms with Crippen LogP contribution in [0.25, 0.3) is 5.57 Å². The van der Waals surface area contributed by atoms with Crippen LogP contribution in [0.2, 0.25) is 4.34 Å². The van der Waals surface area contributed by atoms with E-state index >= 15 is 0 Å². The van der Waals surface area contributed by atoms with E-state index in [1.165, 1.54) is 19.1 Å². The van der Waals surface area contributed by atoms with Crippen LogP contribution < -0.4 is 5.32 Å². The lowest BCUT2D eigenvalue weighted by Gasteiger charge is -2.19. The zero-order chi connectivity index (χ0) is 22.6. The Hall–Kier alpha value is -2.84. The Morgan fingerprint density at radius 2 is 2.03 bits per heavy atom. The van der Waals surface area contributed by atoms with Crippen molar-refractivity contribution in [3.63, 3.8) is 0 Å². The first kappa shape index (κ1) is 22.8. The van der Waals surface area contributed by atoms with Gasteiger partial charge in [0.05, 0.1) is 11.4 Å². The maximum Gasteiger partial charge on any atom is 0.280 e. The van der Waals surface area contributed by atoms with Gasteiger partial charge in [-0.2, -0.15) is 5.10 Å². The molecule has 5 nitrogen and oxygen atoms in total. The molecule has 0 aliphatic carbocycles.